The smallest absolute Gasteiger partial charge is 0.354 e. The Labute approximate surface area is 106 Å². The molecule has 18 heavy (non-hydrogen) atoms. The number of rotatable bonds is 2. The van der Waals surface area contributed by atoms with E-state index in [2.05, 4.69) is 4.98 Å². The number of carbonyl (C=O) groups excluding carboxylic acids is 1. The van der Waals surface area contributed by atoms with Crippen LogP contribution in [0.15, 0.2) is 18.2 Å². The van der Waals surface area contributed by atoms with Crippen molar-refractivity contribution in [1.29, 1.82) is 0 Å². The lowest BCUT2D eigenvalue weighted by atomic mass is 10.2. The molecule has 0 atom stereocenters. The molecule has 0 aliphatic carbocycles. The fraction of sp³-hybridized carbons (Fsp3) is 0.364. The van der Waals surface area contributed by atoms with Crippen molar-refractivity contribution in [2.45, 2.75) is 0 Å². The first-order valence-corrected chi connectivity index (χ1v) is 6.91. The average molecular weight is 268 g/mol. The summed E-state index contributed by atoms with van der Waals surface area (Å²) in [6, 6.07) is 4.32. The molecule has 1 fully saturated rings. The van der Waals surface area contributed by atoms with Crippen LogP contribution in [0.3, 0.4) is 0 Å². The maximum absolute atomic E-state index is 12.1. The molecule has 1 aliphatic rings. The van der Waals surface area contributed by atoms with Crippen LogP contribution in [0.5, 0.6) is 0 Å². The van der Waals surface area contributed by atoms with Crippen molar-refractivity contribution in [3.05, 3.63) is 29.6 Å². The number of carboxylic acid groups (broad SMARTS) is 1. The summed E-state index contributed by atoms with van der Waals surface area (Å²) in [6.07, 6.45) is 0. The average Bonchev–Trinajstić information content (AvgIpc) is 2.39. The standard InChI is InChI=1S/C11H12N2O4S/c14-10(13-4-6-18(17)7-5-13)8-2-1-3-9(12-8)11(15)16/h1-3H,4-7H2,(H,15,16). The Hall–Kier alpha value is -1.76. The van der Waals surface area contributed by atoms with E-state index in [1.165, 1.54) is 18.2 Å². The van der Waals surface area contributed by atoms with Crippen LogP contribution in [0.25, 0.3) is 0 Å². The van der Waals surface area contributed by atoms with Gasteiger partial charge in [0.25, 0.3) is 5.91 Å². The minimum absolute atomic E-state index is 0.114. The highest BCUT2D eigenvalue weighted by atomic mass is 32.2. The SMILES string of the molecule is O=C(O)c1cccc(C(=O)N2CCS(=O)CC2)n1. The highest BCUT2D eigenvalue weighted by molar-refractivity contribution is 7.85. The molecule has 0 unspecified atom stereocenters. The summed E-state index contributed by atoms with van der Waals surface area (Å²) in [5, 5.41) is 8.81. The Bertz CT molecular complexity index is 508. The van der Waals surface area contributed by atoms with E-state index in [0.29, 0.717) is 24.6 Å². The quantitative estimate of drug-likeness (QED) is 0.814. The van der Waals surface area contributed by atoms with E-state index in [1.807, 2.05) is 0 Å². The van der Waals surface area contributed by atoms with Gasteiger partial charge in [-0.25, -0.2) is 9.78 Å². The maximum Gasteiger partial charge on any atom is 0.354 e. The molecular weight excluding hydrogens is 256 g/mol. The number of pyridine rings is 1. The third-order valence-corrected chi connectivity index (χ3v) is 3.93. The first-order valence-electron chi connectivity index (χ1n) is 5.42. The molecule has 1 N–H and O–H groups in total. The second kappa shape index (κ2) is 5.26. The van der Waals surface area contributed by atoms with Crippen LogP contribution in [0.4, 0.5) is 0 Å². The molecule has 7 heteroatoms. The Morgan fingerprint density at radius 3 is 2.44 bits per heavy atom. The number of carboxylic acids is 1. The van der Waals surface area contributed by atoms with Crippen molar-refractivity contribution in [1.82, 2.24) is 9.88 Å². The highest BCUT2D eigenvalue weighted by Crippen LogP contribution is 2.07. The van der Waals surface area contributed by atoms with Gasteiger partial charge in [-0.1, -0.05) is 6.07 Å². The molecule has 2 heterocycles. The van der Waals surface area contributed by atoms with Crippen LogP contribution < -0.4 is 0 Å². The van der Waals surface area contributed by atoms with E-state index < -0.39 is 16.8 Å². The summed E-state index contributed by atoms with van der Waals surface area (Å²) in [4.78, 5) is 28.2. The molecule has 1 aromatic rings. The van der Waals surface area contributed by atoms with E-state index in [-0.39, 0.29) is 17.3 Å². The van der Waals surface area contributed by atoms with Gasteiger partial charge in [0, 0.05) is 35.4 Å². The fourth-order valence-electron chi connectivity index (χ4n) is 1.68. The summed E-state index contributed by atoms with van der Waals surface area (Å²) >= 11 is 0. The molecule has 96 valence electrons. The van der Waals surface area contributed by atoms with Gasteiger partial charge in [0.2, 0.25) is 0 Å². The van der Waals surface area contributed by atoms with Gasteiger partial charge in [0.1, 0.15) is 11.4 Å². The Kier molecular flexibility index (Phi) is 3.71. The lowest BCUT2D eigenvalue weighted by Gasteiger charge is -2.25. The third-order valence-electron chi connectivity index (χ3n) is 2.65. The monoisotopic (exact) mass is 268 g/mol. The first kappa shape index (κ1) is 12.7. The van der Waals surface area contributed by atoms with Crippen LogP contribution in [0.1, 0.15) is 21.0 Å². The van der Waals surface area contributed by atoms with E-state index in [0.717, 1.165) is 0 Å². The van der Waals surface area contributed by atoms with Gasteiger partial charge in [0.05, 0.1) is 0 Å². The van der Waals surface area contributed by atoms with Crippen LogP contribution in [0, 0.1) is 0 Å². The molecule has 0 saturated carbocycles. The molecule has 0 aromatic carbocycles. The molecule has 1 amide bonds. The molecule has 0 spiro atoms. The molecule has 1 aliphatic heterocycles. The van der Waals surface area contributed by atoms with Crippen LogP contribution in [-0.4, -0.2) is 55.7 Å². The number of hydrogen-bond donors (Lipinski definition) is 1. The normalized spacial score (nSPS) is 16.6. The second-order valence-corrected chi connectivity index (χ2v) is 5.55. The van der Waals surface area contributed by atoms with Gasteiger partial charge in [-0.15, -0.1) is 0 Å². The molecule has 2 rings (SSSR count). The number of nitrogens with zero attached hydrogens (tertiary/aromatic N) is 2. The molecule has 1 aromatic heterocycles. The van der Waals surface area contributed by atoms with Crippen molar-refractivity contribution in [3.8, 4) is 0 Å². The zero-order chi connectivity index (χ0) is 13.1. The first-order chi connectivity index (χ1) is 8.58. The topological polar surface area (TPSA) is 87.6 Å². The van der Waals surface area contributed by atoms with Crippen molar-refractivity contribution in [3.63, 3.8) is 0 Å². The number of amides is 1. The van der Waals surface area contributed by atoms with Gasteiger partial charge in [0.15, 0.2) is 0 Å². The van der Waals surface area contributed by atoms with Crippen molar-refractivity contribution in [2.75, 3.05) is 24.6 Å². The van der Waals surface area contributed by atoms with Crippen LogP contribution >= 0.6 is 0 Å². The second-order valence-electron chi connectivity index (χ2n) is 3.85. The van der Waals surface area contributed by atoms with Crippen LogP contribution in [-0.2, 0) is 10.8 Å². The van der Waals surface area contributed by atoms with E-state index in [9.17, 15) is 13.8 Å². The Morgan fingerprint density at radius 2 is 1.83 bits per heavy atom. The van der Waals surface area contributed by atoms with E-state index in [1.54, 1.807) is 4.90 Å². The van der Waals surface area contributed by atoms with Gasteiger partial charge < -0.3 is 10.0 Å². The lowest BCUT2D eigenvalue weighted by Crippen LogP contribution is -2.42. The number of hydrogen-bond acceptors (Lipinski definition) is 4. The summed E-state index contributed by atoms with van der Waals surface area (Å²) in [6.45, 7) is 0.842. The summed E-state index contributed by atoms with van der Waals surface area (Å²) in [5.74, 6) is -0.548. The minimum Gasteiger partial charge on any atom is -0.477 e. The van der Waals surface area contributed by atoms with Crippen LogP contribution in [0.2, 0.25) is 0 Å². The lowest BCUT2D eigenvalue weighted by molar-refractivity contribution is 0.0690. The summed E-state index contributed by atoms with van der Waals surface area (Å²) in [7, 11) is -0.854. The minimum atomic E-state index is -1.16. The molecular formula is C11H12N2O4S. The molecule has 0 bridgehead atoms. The van der Waals surface area contributed by atoms with E-state index >= 15 is 0 Å². The fourth-order valence-corrected chi connectivity index (χ4v) is 2.73. The Balaban J connectivity index is 2.16. The summed E-state index contributed by atoms with van der Waals surface area (Å²) in [5.41, 5.74) is -0.0379. The van der Waals surface area contributed by atoms with Crippen molar-refractivity contribution < 1.29 is 18.9 Å². The highest BCUT2D eigenvalue weighted by Gasteiger charge is 2.22. The van der Waals surface area contributed by atoms with Gasteiger partial charge in [-0.2, -0.15) is 0 Å². The van der Waals surface area contributed by atoms with Gasteiger partial charge in [-0.3, -0.25) is 9.00 Å². The predicted molar refractivity (Wildman–Crippen MR) is 65.0 cm³/mol. The zero-order valence-electron chi connectivity index (χ0n) is 9.54. The van der Waals surface area contributed by atoms with Crippen molar-refractivity contribution in [2.24, 2.45) is 0 Å². The summed E-state index contributed by atoms with van der Waals surface area (Å²) < 4.78 is 11.2. The maximum atomic E-state index is 12.1. The van der Waals surface area contributed by atoms with Crippen molar-refractivity contribution >= 4 is 22.7 Å². The van der Waals surface area contributed by atoms with E-state index in [4.69, 9.17) is 5.11 Å². The number of carbonyl (C=O) groups is 2. The van der Waals surface area contributed by atoms with Gasteiger partial charge in [-0.05, 0) is 12.1 Å². The number of aromatic nitrogens is 1. The largest absolute Gasteiger partial charge is 0.477 e. The molecule has 0 radical (unpaired) electrons. The third kappa shape index (κ3) is 2.73. The molecule has 1 saturated heterocycles. The number of aromatic carboxylic acids is 1. The molecule has 6 nitrogen and oxygen atoms in total. The van der Waals surface area contributed by atoms with Gasteiger partial charge >= 0.3 is 5.97 Å². The Morgan fingerprint density at radius 1 is 1.22 bits per heavy atom. The predicted octanol–water partition coefficient (Wildman–Crippen LogP) is -0.0157. The zero-order valence-corrected chi connectivity index (χ0v) is 10.4.